The van der Waals surface area contributed by atoms with Crippen LogP contribution in [-0.2, 0) is 16.0 Å². The number of benzene rings is 2. The summed E-state index contributed by atoms with van der Waals surface area (Å²) >= 11 is 5.62. The number of hydrogen-bond acceptors (Lipinski definition) is 3. The van der Waals surface area contributed by atoms with Crippen molar-refractivity contribution in [3.63, 3.8) is 0 Å². The highest BCUT2D eigenvalue weighted by molar-refractivity contribution is 6.35. The fourth-order valence-corrected chi connectivity index (χ4v) is 4.51. The van der Waals surface area contributed by atoms with Crippen LogP contribution in [0.3, 0.4) is 0 Å². The quantitative estimate of drug-likeness (QED) is 0.270. The fraction of sp³-hybridized carbons (Fsp3) is 0.250. The monoisotopic (exact) mass is 504 g/mol. The van der Waals surface area contributed by atoms with Gasteiger partial charge in [-0.05, 0) is 69.5 Å². The van der Waals surface area contributed by atoms with Crippen LogP contribution in [0.2, 0.25) is 0 Å². The van der Waals surface area contributed by atoms with Gasteiger partial charge in [-0.2, -0.15) is 0 Å². The summed E-state index contributed by atoms with van der Waals surface area (Å²) in [5, 5.41) is 8.69. The van der Waals surface area contributed by atoms with Crippen LogP contribution < -0.4 is 16.0 Å². The first-order valence-electron chi connectivity index (χ1n) is 11.7. The van der Waals surface area contributed by atoms with Crippen LogP contribution in [0.1, 0.15) is 50.9 Å². The van der Waals surface area contributed by atoms with Crippen LogP contribution in [0.15, 0.2) is 42.5 Å². The normalized spacial score (nSPS) is 14.4. The van der Waals surface area contributed by atoms with E-state index in [4.69, 9.17) is 11.6 Å². The Morgan fingerprint density at radius 1 is 1.11 bits per heavy atom. The first-order valence-corrected chi connectivity index (χ1v) is 12.3. The second-order valence-corrected chi connectivity index (χ2v) is 9.45. The van der Waals surface area contributed by atoms with Gasteiger partial charge in [0.25, 0.3) is 11.8 Å². The minimum Gasteiger partial charge on any atom is -0.357 e. The van der Waals surface area contributed by atoms with Gasteiger partial charge in [-0.3, -0.25) is 14.4 Å². The number of amides is 3. The molecule has 36 heavy (non-hydrogen) atoms. The smallest absolute Gasteiger partial charge is 0.256 e. The second-order valence-electron chi connectivity index (χ2n) is 9.19. The Morgan fingerprint density at radius 2 is 1.89 bits per heavy atom. The van der Waals surface area contributed by atoms with Crippen LogP contribution in [0.4, 0.5) is 11.4 Å². The average Bonchev–Trinajstić information content (AvgIpc) is 3.28. The molecule has 1 aliphatic rings. The molecule has 4 rings (SSSR count). The number of aromatic nitrogens is 1. The molecule has 2 heterocycles. The third-order valence-corrected chi connectivity index (χ3v) is 6.46. The molecule has 3 amide bonds. The minimum atomic E-state index is -0.308. The molecule has 1 unspecified atom stereocenters. The van der Waals surface area contributed by atoms with Crippen molar-refractivity contribution in [3.8, 4) is 0 Å². The van der Waals surface area contributed by atoms with Crippen molar-refractivity contribution < 1.29 is 14.4 Å². The lowest BCUT2D eigenvalue weighted by Gasteiger charge is -2.15. The van der Waals surface area contributed by atoms with E-state index in [1.54, 1.807) is 24.3 Å². The highest BCUT2D eigenvalue weighted by Gasteiger charge is 2.26. The molecule has 0 aliphatic carbocycles. The number of aromatic amines is 1. The summed E-state index contributed by atoms with van der Waals surface area (Å²) in [6, 6.07) is 13.3. The molecule has 0 fully saturated rings. The maximum absolute atomic E-state index is 13.0. The van der Waals surface area contributed by atoms with Crippen LogP contribution >= 0.6 is 11.6 Å². The third kappa shape index (κ3) is 5.36. The van der Waals surface area contributed by atoms with Crippen molar-refractivity contribution in [3.05, 3.63) is 81.7 Å². The third-order valence-electron chi connectivity index (χ3n) is 6.22. The standard InChI is InChI=1S/C28H29ClN4O3/c1-15-6-5-7-19(10-15)11-16(2)30-27(35)20-8-9-23-21(12-20)22(28(36)32-23)13-24-17(3)26(18(4)31-24)33-25(34)14-29/h5-10,12-13,16,31H,11,14H2,1-4H3,(H,30,35)(H,32,36)(H,33,34). The van der Waals surface area contributed by atoms with Crippen LogP contribution in [0.5, 0.6) is 0 Å². The number of hydrogen-bond donors (Lipinski definition) is 4. The van der Waals surface area contributed by atoms with E-state index in [-0.39, 0.29) is 29.6 Å². The summed E-state index contributed by atoms with van der Waals surface area (Å²) in [5.41, 5.74) is 7.43. The SMILES string of the molecule is Cc1cccc(CC(C)NC(=O)c2ccc3c(c2)C(=Cc2[nH]c(C)c(NC(=O)CCl)c2C)C(=O)N3)c1. The van der Waals surface area contributed by atoms with Gasteiger partial charge in [-0.15, -0.1) is 11.6 Å². The minimum absolute atomic E-state index is 0.0616. The lowest BCUT2D eigenvalue weighted by Crippen LogP contribution is -2.34. The zero-order chi connectivity index (χ0) is 26.0. The number of aryl methyl sites for hydroxylation is 2. The van der Waals surface area contributed by atoms with Crippen LogP contribution in [-0.4, -0.2) is 34.6 Å². The summed E-state index contributed by atoms with van der Waals surface area (Å²) in [4.78, 5) is 40.8. The zero-order valence-corrected chi connectivity index (χ0v) is 21.5. The van der Waals surface area contributed by atoms with Gasteiger partial charge < -0.3 is 20.9 Å². The van der Waals surface area contributed by atoms with Crippen molar-refractivity contribution in [1.82, 2.24) is 10.3 Å². The number of carbonyl (C=O) groups is 3. The van der Waals surface area contributed by atoms with E-state index in [9.17, 15) is 14.4 Å². The van der Waals surface area contributed by atoms with Crippen molar-refractivity contribution in [2.75, 3.05) is 16.5 Å². The molecule has 1 atom stereocenters. The van der Waals surface area contributed by atoms with Gasteiger partial charge in [-0.25, -0.2) is 0 Å². The lowest BCUT2D eigenvalue weighted by molar-refractivity contribution is -0.114. The molecule has 8 heteroatoms. The molecule has 186 valence electrons. The second kappa shape index (κ2) is 10.4. The van der Waals surface area contributed by atoms with Crippen molar-refractivity contribution in [2.45, 2.75) is 40.2 Å². The van der Waals surface area contributed by atoms with E-state index in [2.05, 4.69) is 33.1 Å². The van der Waals surface area contributed by atoms with E-state index >= 15 is 0 Å². The lowest BCUT2D eigenvalue weighted by atomic mass is 10.0. The average molecular weight is 505 g/mol. The molecule has 4 N–H and O–H groups in total. The zero-order valence-electron chi connectivity index (χ0n) is 20.7. The number of nitrogens with one attached hydrogen (secondary N) is 4. The number of alkyl halides is 1. The van der Waals surface area contributed by atoms with Gasteiger partial charge >= 0.3 is 0 Å². The number of fused-ring (bicyclic) bond motifs is 1. The molecule has 7 nitrogen and oxygen atoms in total. The highest BCUT2D eigenvalue weighted by atomic mass is 35.5. The van der Waals surface area contributed by atoms with Crippen LogP contribution in [0.25, 0.3) is 11.6 Å². The number of anilines is 2. The number of carbonyl (C=O) groups excluding carboxylic acids is 3. The van der Waals surface area contributed by atoms with Gasteiger partial charge in [0.05, 0.1) is 11.3 Å². The number of rotatable bonds is 7. The van der Waals surface area contributed by atoms with E-state index < -0.39 is 0 Å². The Morgan fingerprint density at radius 3 is 2.61 bits per heavy atom. The van der Waals surface area contributed by atoms with Crippen LogP contribution in [0, 0.1) is 20.8 Å². The van der Waals surface area contributed by atoms with Crippen molar-refractivity contribution in [1.29, 1.82) is 0 Å². The summed E-state index contributed by atoms with van der Waals surface area (Å²) < 4.78 is 0. The molecule has 3 aromatic rings. The largest absolute Gasteiger partial charge is 0.357 e. The van der Waals surface area contributed by atoms with Gasteiger partial charge in [-0.1, -0.05) is 29.8 Å². The number of halogens is 1. The Bertz CT molecular complexity index is 1390. The molecule has 1 aromatic heterocycles. The maximum atomic E-state index is 13.0. The van der Waals surface area contributed by atoms with E-state index in [1.807, 2.05) is 39.8 Å². The molecule has 0 radical (unpaired) electrons. The van der Waals surface area contributed by atoms with Crippen molar-refractivity contribution >= 4 is 52.3 Å². The van der Waals surface area contributed by atoms with E-state index in [1.165, 1.54) is 5.56 Å². The number of H-pyrrole nitrogens is 1. The molecular weight excluding hydrogens is 476 g/mol. The summed E-state index contributed by atoms with van der Waals surface area (Å²) in [6.07, 6.45) is 2.46. The van der Waals surface area contributed by atoms with Crippen molar-refractivity contribution in [2.24, 2.45) is 0 Å². The van der Waals surface area contributed by atoms with Gasteiger partial charge in [0.15, 0.2) is 0 Å². The Hall–Kier alpha value is -3.84. The molecular formula is C28H29ClN4O3. The Labute approximate surface area is 215 Å². The summed E-state index contributed by atoms with van der Waals surface area (Å²) in [6.45, 7) is 7.71. The van der Waals surface area contributed by atoms with Gasteiger partial charge in [0.1, 0.15) is 5.88 Å². The first-order chi connectivity index (χ1) is 17.2. The summed E-state index contributed by atoms with van der Waals surface area (Å²) in [5.74, 6) is -0.912. The Balaban J connectivity index is 1.57. The predicted molar refractivity (Wildman–Crippen MR) is 144 cm³/mol. The molecule has 2 aromatic carbocycles. The fourth-order valence-electron chi connectivity index (χ4n) is 4.45. The van der Waals surface area contributed by atoms with E-state index in [0.29, 0.717) is 33.8 Å². The summed E-state index contributed by atoms with van der Waals surface area (Å²) in [7, 11) is 0. The van der Waals surface area contributed by atoms with Gasteiger partial charge in [0.2, 0.25) is 5.91 Å². The maximum Gasteiger partial charge on any atom is 0.256 e. The molecule has 1 aliphatic heterocycles. The first kappa shape index (κ1) is 25.3. The van der Waals surface area contributed by atoms with Gasteiger partial charge in [0, 0.05) is 34.2 Å². The topological polar surface area (TPSA) is 103 Å². The molecule has 0 spiro atoms. The molecule has 0 saturated heterocycles. The van der Waals surface area contributed by atoms with E-state index in [0.717, 1.165) is 23.2 Å². The predicted octanol–water partition coefficient (Wildman–Crippen LogP) is 4.97. The molecule has 0 bridgehead atoms. The Kier molecular flexibility index (Phi) is 7.31. The molecule has 0 saturated carbocycles. The highest BCUT2D eigenvalue weighted by Crippen LogP contribution is 2.35.